The van der Waals surface area contributed by atoms with Crippen molar-refractivity contribution >= 4 is 33.4 Å². The Labute approximate surface area is 205 Å². The number of hydrogen-bond donors (Lipinski definition) is 2. The lowest BCUT2D eigenvalue weighted by Gasteiger charge is -2.31. The molecule has 6 nitrogen and oxygen atoms in total. The highest BCUT2D eigenvalue weighted by Gasteiger charge is 2.42. The van der Waals surface area contributed by atoms with Crippen molar-refractivity contribution in [1.82, 2.24) is 5.43 Å². The Morgan fingerprint density at radius 2 is 1.35 bits per heavy atom. The standard InChI is InChI=1S/C27H23BrN2O4/c1-18-8-12-20(13-9-18)27(33,21-14-10-19(2)11-15-21)26(32)29-30(22-6-4-3-5-7-22)25(31)23-16-17-24(28)34-23/h3-17,33H,1-2H3,(H,29,32). The minimum absolute atomic E-state index is 0.0187. The summed E-state index contributed by atoms with van der Waals surface area (Å²) in [6, 6.07) is 25.8. The van der Waals surface area contributed by atoms with Crippen LogP contribution in [0.15, 0.2) is 100 Å². The molecule has 7 heteroatoms. The number of aryl methyl sites for hydroxylation is 2. The summed E-state index contributed by atoms with van der Waals surface area (Å²) in [6.07, 6.45) is 0. The Morgan fingerprint density at radius 3 is 1.82 bits per heavy atom. The van der Waals surface area contributed by atoms with E-state index in [0.29, 0.717) is 21.5 Å². The van der Waals surface area contributed by atoms with E-state index >= 15 is 0 Å². The highest BCUT2D eigenvalue weighted by molar-refractivity contribution is 9.10. The fraction of sp³-hybridized carbons (Fsp3) is 0.111. The molecule has 0 bridgehead atoms. The molecule has 0 radical (unpaired) electrons. The molecule has 4 aromatic rings. The molecule has 2 N–H and O–H groups in total. The number of carbonyl (C=O) groups is 2. The summed E-state index contributed by atoms with van der Waals surface area (Å²) < 4.78 is 5.80. The highest BCUT2D eigenvalue weighted by Crippen LogP contribution is 2.31. The van der Waals surface area contributed by atoms with E-state index in [1.807, 2.05) is 38.1 Å². The molecule has 3 aromatic carbocycles. The van der Waals surface area contributed by atoms with E-state index in [2.05, 4.69) is 21.4 Å². The summed E-state index contributed by atoms with van der Waals surface area (Å²) in [5, 5.41) is 12.9. The predicted molar refractivity (Wildman–Crippen MR) is 133 cm³/mol. The van der Waals surface area contributed by atoms with Gasteiger partial charge in [0.05, 0.1) is 5.69 Å². The SMILES string of the molecule is Cc1ccc(C(O)(C(=O)NN(C(=O)c2ccc(Br)o2)c2ccccc2)c2ccc(C)cc2)cc1. The fourth-order valence-corrected chi connectivity index (χ4v) is 3.86. The number of amides is 2. The molecular formula is C27H23BrN2O4. The lowest BCUT2D eigenvalue weighted by Crippen LogP contribution is -2.54. The van der Waals surface area contributed by atoms with Gasteiger partial charge in [0.1, 0.15) is 0 Å². The highest BCUT2D eigenvalue weighted by atomic mass is 79.9. The zero-order valence-electron chi connectivity index (χ0n) is 18.7. The van der Waals surface area contributed by atoms with Crippen molar-refractivity contribution in [3.63, 3.8) is 0 Å². The molecule has 34 heavy (non-hydrogen) atoms. The molecule has 0 aliphatic rings. The zero-order valence-corrected chi connectivity index (χ0v) is 20.2. The van der Waals surface area contributed by atoms with Crippen LogP contribution in [0.25, 0.3) is 0 Å². The molecule has 0 aliphatic heterocycles. The van der Waals surface area contributed by atoms with Gasteiger partial charge in [0.25, 0.3) is 5.91 Å². The average molecular weight is 519 g/mol. The molecule has 0 saturated heterocycles. The van der Waals surface area contributed by atoms with Gasteiger partial charge < -0.3 is 9.52 Å². The quantitative estimate of drug-likeness (QED) is 0.352. The maximum absolute atomic E-state index is 13.8. The maximum atomic E-state index is 13.8. The first-order chi connectivity index (χ1) is 16.3. The number of para-hydroxylation sites is 1. The Hall–Kier alpha value is -3.68. The van der Waals surface area contributed by atoms with Gasteiger partial charge in [-0.05, 0) is 65.2 Å². The molecule has 0 atom stereocenters. The summed E-state index contributed by atoms with van der Waals surface area (Å²) in [7, 11) is 0. The largest absolute Gasteiger partial charge is 0.444 e. The van der Waals surface area contributed by atoms with Gasteiger partial charge in [0, 0.05) is 0 Å². The number of anilines is 1. The van der Waals surface area contributed by atoms with Crippen LogP contribution >= 0.6 is 15.9 Å². The second-order valence-corrected chi connectivity index (χ2v) is 8.74. The predicted octanol–water partition coefficient (Wildman–Crippen LogP) is 5.27. The van der Waals surface area contributed by atoms with Crippen LogP contribution in [0.3, 0.4) is 0 Å². The average Bonchev–Trinajstić information content (AvgIpc) is 3.29. The van der Waals surface area contributed by atoms with E-state index < -0.39 is 17.4 Å². The Morgan fingerprint density at radius 1 is 0.824 bits per heavy atom. The van der Waals surface area contributed by atoms with Gasteiger partial charge in [0.15, 0.2) is 16.0 Å². The summed E-state index contributed by atoms with van der Waals surface area (Å²) in [6.45, 7) is 3.85. The molecule has 0 unspecified atom stereocenters. The summed E-state index contributed by atoms with van der Waals surface area (Å²) >= 11 is 3.20. The van der Waals surface area contributed by atoms with Crippen molar-refractivity contribution < 1.29 is 19.1 Å². The zero-order chi connectivity index (χ0) is 24.3. The van der Waals surface area contributed by atoms with E-state index in [-0.39, 0.29) is 5.76 Å². The van der Waals surface area contributed by atoms with Crippen LogP contribution in [0.1, 0.15) is 32.8 Å². The van der Waals surface area contributed by atoms with Crippen molar-refractivity contribution in [2.24, 2.45) is 0 Å². The second kappa shape index (κ2) is 9.67. The number of hydrazine groups is 1. The third kappa shape index (κ3) is 4.66. The van der Waals surface area contributed by atoms with Gasteiger partial charge in [-0.15, -0.1) is 0 Å². The lowest BCUT2D eigenvalue weighted by molar-refractivity contribution is -0.136. The number of carbonyl (C=O) groups excluding carboxylic acids is 2. The number of furan rings is 1. The number of rotatable bonds is 5. The first kappa shape index (κ1) is 23.5. The normalized spacial score (nSPS) is 11.2. The molecule has 1 heterocycles. The monoisotopic (exact) mass is 518 g/mol. The first-order valence-electron chi connectivity index (χ1n) is 10.6. The molecule has 0 spiro atoms. The Kier molecular flexibility index (Phi) is 6.68. The van der Waals surface area contributed by atoms with E-state index in [1.54, 1.807) is 60.7 Å². The molecule has 0 saturated carbocycles. The van der Waals surface area contributed by atoms with Gasteiger partial charge >= 0.3 is 5.91 Å². The van der Waals surface area contributed by atoms with Crippen LogP contribution in [0.5, 0.6) is 0 Å². The van der Waals surface area contributed by atoms with Gasteiger partial charge in [-0.3, -0.25) is 15.0 Å². The first-order valence-corrected chi connectivity index (χ1v) is 11.4. The second-order valence-electron chi connectivity index (χ2n) is 7.96. The topological polar surface area (TPSA) is 82.8 Å². The molecule has 4 rings (SSSR count). The van der Waals surface area contributed by atoms with Crippen LogP contribution in [0.4, 0.5) is 5.69 Å². The van der Waals surface area contributed by atoms with E-state index in [9.17, 15) is 14.7 Å². The van der Waals surface area contributed by atoms with Crippen LogP contribution in [0.2, 0.25) is 0 Å². The van der Waals surface area contributed by atoms with Crippen LogP contribution in [-0.4, -0.2) is 16.9 Å². The van der Waals surface area contributed by atoms with Gasteiger partial charge in [-0.1, -0.05) is 77.9 Å². The number of benzene rings is 3. The Bertz CT molecular complexity index is 1250. The molecular weight excluding hydrogens is 496 g/mol. The number of hydrogen-bond acceptors (Lipinski definition) is 4. The Balaban J connectivity index is 1.78. The molecule has 1 aromatic heterocycles. The van der Waals surface area contributed by atoms with Gasteiger partial charge in [0.2, 0.25) is 0 Å². The fourth-order valence-electron chi connectivity index (χ4n) is 3.55. The minimum atomic E-state index is -2.06. The number of nitrogens with zero attached hydrogens (tertiary/aromatic N) is 1. The van der Waals surface area contributed by atoms with Crippen LogP contribution in [-0.2, 0) is 10.4 Å². The molecule has 172 valence electrons. The molecule has 2 amide bonds. The third-order valence-corrected chi connectivity index (χ3v) is 5.91. The van der Waals surface area contributed by atoms with Gasteiger partial charge in [-0.2, -0.15) is 0 Å². The molecule has 0 fully saturated rings. The lowest BCUT2D eigenvalue weighted by atomic mass is 9.85. The smallest absolute Gasteiger partial charge is 0.312 e. The minimum Gasteiger partial charge on any atom is -0.444 e. The number of aliphatic hydroxyl groups is 1. The number of halogens is 1. The van der Waals surface area contributed by atoms with E-state index in [1.165, 1.54) is 6.07 Å². The maximum Gasteiger partial charge on any atom is 0.312 e. The third-order valence-electron chi connectivity index (χ3n) is 5.48. The molecule has 0 aliphatic carbocycles. The summed E-state index contributed by atoms with van der Waals surface area (Å²) in [5.74, 6) is -1.37. The van der Waals surface area contributed by atoms with Crippen LogP contribution in [0, 0.1) is 13.8 Å². The van der Waals surface area contributed by atoms with Gasteiger partial charge in [-0.25, -0.2) is 5.01 Å². The van der Waals surface area contributed by atoms with Crippen molar-refractivity contribution in [3.8, 4) is 0 Å². The van der Waals surface area contributed by atoms with E-state index in [4.69, 9.17) is 4.42 Å². The van der Waals surface area contributed by atoms with Crippen molar-refractivity contribution in [3.05, 3.63) is 124 Å². The van der Waals surface area contributed by atoms with Crippen LogP contribution < -0.4 is 10.4 Å². The summed E-state index contributed by atoms with van der Waals surface area (Å²) in [4.78, 5) is 27.1. The number of nitrogens with one attached hydrogen (secondary N) is 1. The van der Waals surface area contributed by atoms with E-state index in [0.717, 1.165) is 16.1 Å². The van der Waals surface area contributed by atoms with Crippen molar-refractivity contribution in [2.75, 3.05) is 5.01 Å². The van der Waals surface area contributed by atoms with Crippen molar-refractivity contribution in [2.45, 2.75) is 19.4 Å². The van der Waals surface area contributed by atoms with Crippen molar-refractivity contribution in [1.29, 1.82) is 0 Å². The summed E-state index contributed by atoms with van der Waals surface area (Å²) in [5.41, 5.74) is 3.70.